The minimum absolute atomic E-state index is 0.000475. The standard InChI is InChI=1S/C21H20Cl2N2O6S2/c1-29-17-8-18(30-2)15(7-14(17)23)25-16-10-33(27,28)11-19(16)32-21(25)24-20(26)9-31-13-5-3-12(22)4-6-13/h3-8,16,19H,9-11H2,1-2H3/t16-,19-/m0/s1. The number of amides is 1. The Morgan fingerprint density at radius 2 is 1.82 bits per heavy atom. The molecule has 12 heteroatoms. The zero-order valence-corrected chi connectivity index (χ0v) is 20.8. The molecular formula is C21H20Cl2N2O6S2. The molecule has 2 aromatic rings. The Hall–Kier alpha value is -2.14. The molecule has 0 N–H and O–H groups in total. The summed E-state index contributed by atoms with van der Waals surface area (Å²) in [6, 6.07) is 9.44. The Morgan fingerprint density at radius 3 is 2.48 bits per heavy atom. The van der Waals surface area contributed by atoms with E-state index >= 15 is 0 Å². The van der Waals surface area contributed by atoms with E-state index in [1.54, 1.807) is 41.3 Å². The highest BCUT2D eigenvalue weighted by molar-refractivity contribution is 8.16. The van der Waals surface area contributed by atoms with Crippen LogP contribution < -0.4 is 19.1 Å². The van der Waals surface area contributed by atoms with E-state index < -0.39 is 21.8 Å². The van der Waals surface area contributed by atoms with Crippen molar-refractivity contribution in [1.29, 1.82) is 0 Å². The lowest BCUT2D eigenvalue weighted by atomic mass is 10.2. The van der Waals surface area contributed by atoms with Gasteiger partial charge in [-0.15, -0.1) is 0 Å². The Labute approximate surface area is 205 Å². The molecule has 8 nitrogen and oxygen atoms in total. The van der Waals surface area contributed by atoms with Crippen LogP contribution in [0.1, 0.15) is 0 Å². The van der Waals surface area contributed by atoms with Gasteiger partial charge in [-0.25, -0.2) is 8.42 Å². The second-order valence-corrected chi connectivity index (χ2v) is 11.6. The lowest BCUT2D eigenvalue weighted by molar-refractivity contribution is -0.119. The summed E-state index contributed by atoms with van der Waals surface area (Å²) in [5, 5.41) is 0.966. The van der Waals surface area contributed by atoms with Crippen molar-refractivity contribution in [3.63, 3.8) is 0 Å². The predicted molar refractivity (Wildman–Crippen MR) is 130 cm³/mol. The maximum Gasteiger partial charge on any atom is 0.285 e. The van der Waals surface area contributed by atoms with E-state index in [4.69, 9.17) is 37.4 Å². The van der Waals surface area contributed by atoms with Crippen molar-refractivity contribution in [2.45, 2.75) is 11.3 Å². The number of fused-ring (bicyclic) bond motifs is 1. The maximum atomic E-state index is 12.6. The summed E-state index contributed by atoms with van der Waals surface area (Å²) in [5.41, 5.74) is 0.505. The lowest BCUT2D eigenvalue weighted by Crippen LogP contribution is -2.38. The Balaban J connectivity index is 1.65. The number of carbonyl (C=O) groups is 1. The molecule has 1 amide bonds. The molecule has 4 rings (SSSR count). The first-order valence-corrected chi connectivity index (χ1v) is 13.2. The number of ether oxygens (including phenoxy) is 3. The second-order valence-electron chi connectivity index (χ2n) is 7.36. The Morgan fingerprint density at radius 1 is 1.12 bits per heavy atom. The monoisotopic (exact) mass is 530 g/mol. The Kier molecular flexibility index (Phi) is 6.99. The van der Waals surface area contributed by atoms with Gasteiger partial charge >= 0.3 is 0 Å². The molecule has 0 saturated carbocycles. The van der Waals surface area contributed by atoms with Gasteiger partial charge in [-0.3, -0.25) is 4.79 Å². The zero-order chi connectivity index (χ0) is 23.8. The topological polar surface area (TPSA) is 94.5 Å². The first-order chi connectivity index (χ1) is 15.7. The van der Waals surface area contributed by atoms with Crippen molar-refractivity contribution in [1.82, 2.24) is 0 Å². The minimum Gasteiger partial charge on any atom is -0.495 e. The van der Waals surface area contributed by atoms with Crippen LogP contribution in [-0.4, -0.2) is 63.1 Å². The van der Waals surface area contributed by atoms with E-state index in [1.165, 1.54) is 26.0 Å². The summed E-state index contributed by atoms with van der Waals surface area (Å²) in [6.07, 6.45) is 0. The smallest absolute Gasteiger partial charge is 0.285 e. The third kappa shape index (κ3) is 5.18. The number of anilines is 1. The average molecular weight is 531 g/mol. The number of hydrogen-bond acceptors (Lipinski definition) is 7. The van der Waals surface area contributed by atoms with Crippen molar-refractivity contribution in [3.8, 4) is 17.2 Å². The molecule has 0 bridgehead atoms. The fourth-order valence-electron chi connectivity index (χ4n) is 3.69. The summed E-state index contributed by atoms with van der Waals surface area (Å²) in [6.45, 7) is -0.284. The number of amidine groups is 1. The molecule has 2 saturated heterocycles. The number of rotatable bonds is 6. The summed E-state index contributed by atoms with van der Waals surface area (Å²) < 4.78 is 40.9. The molecular weight excluding hydrogens is 511 g/mol. The van der Waals surface area contributed by atoms with Crippen LogP contribution in [0.3, 0.4) is 0 Å². The number of halogens is 2. The normalized spacial score (nSPS) is 22.3. The van der Waals surface area contributed by atoms with Gasteiger partial charge in [0.2, 0.25) is 0 Å². The molecule has 2 atom stereocenters. The van der Waals surface area contributed by atoms with Crippen LogP contribution >= 0.6 is 35.0 Å². The van der Waals surface area contributed by atoms with Crippen LogP contribution in [0.15, 0.2) is 41.4 Å². The average Bonchev–Trinajstić information content (AvgIpc) is 3.23. The molecule has 2 aliphatic rings. The number of nitrogens with zero attached hydrogens (tertiary/aromatic N) is 2. The minimum atomic E-state index is -3.23. The van der Waals surface area contributed by atoms with E-state index in [2.05, 4.69) is 4.99 Å². The molecule has 0 aromatic heterocycles. The number of aliphatic imine (C=N–C) groups is 1. The van der Waals surface area contributed by atoms with Gasteiger partial charge in [-0.05, 0) is 30.3 Å². The van der Waals surface area contributed by atoms with Crippen LogP contribution in [0.25, 0.3) is 0 Å². The first kappa shape index (κ1) is 24.0. The van der Waals surface area contributed by atoms with E-state index in [-0.39, 0.29) is 23.4 Å². The van der Waals surface area contributed by atoms with Crippen molar-refractivity contribution in [2.75, 3.05) is 37.2 Å². The molecule has 2 aromatic carbocycles. The molecule has 33 heavy (non-hydrogen) atoms. The second kappa shape index (κ2) is 9.61. The number of benzene rings is 2. The van der Waals surface area contributed by atoms with Gasteiger partial charge in [0.15, 0.2) is 21.6 Å². The van der Waals surface area contributed by atoms with Gasteiger partial charge in [0.05, 0.1) is 42.5 Å². The molecule has 0 aliphatic carbocycles. The summed E-state index contributed by atoms with van der Waals surface area (Å²) in [7, 11) is -0.257. The fraction of sp³-hybridized carbons (Fsp3) is 0.333. The van der Waals surface area contributed by atoms with Crippen molar-refractivity contribution in [2.24, 2.45) is 4.99 Å². The quantitative estimate of drug-likeness (QED) is 0.557. The molecule has 176 valence electrons. The van der Waals surface area contributed by atoms with Gasteiger partial charge in [-0.2, -0.15) is 4.99 Å². The van der Waals surface area contributed by atoms with Gasteiger partial charge < -0.3 is 19.1 Å². The maximum absolute atomic E-state index is 12.6. The number of carbonyl (C=O) groups excluding carboxylic acids is 1. The number of thioether (sulfide) groups is 1. The van der Waals surface area contributed by atoms with Crippen LogP contribution in [0, 0.1) is 0 Å². The summed E-state index contributed by atoms with van der Waals surface area (Å²) in [5.74, 6) is 0.727. The fourth-order valence-corrected chi connectivity index (χ4v) is 7.98. The molecule has 0 radical (unpaired) electrons. The van der Waals surface area contributed by atoms with E-state index in [0.29, 0.717) is 38.1 Å². The molecule has 2 aliphatic heterocycles. The predicted octanol–water partition coefficient (Wildman–Crippen LogP) is 3.69. The lowest BCUT2D eigenvalue weighted by Gasteiger charge is -2.26. The van der Waals surface area contributed by atoms with Crippen LogP contribution in [-0.2, 0) is 14.6 Å². The third-order valence-electron chi connectivity index (χ3n) is 5.18. The van der Waals surface area contributed by atoms with Gasteiger partial charge in [0.25, 0.3) is 5.91 Å². The van der Waals surface area contributed by atoms with Gasteiger partial charge in [0.1, 0.15) is 17.2 Å². The Bertz CT molecular complexity index is 1200. The number of sulfone groups is 1. The van der Waals surface area contributed by atoms with E-state index in [9.17, 15) is 13.2 Å². The highest BCUT2D eigenvalue weighted by atomic mass is 35.5. The highest BCUT2D eigenvalue weighted by Gasteiger charge is 2.50. The van der Waals surface area contributed by atoms with Gasteiger partial charge in [-0.1, -0.05) is 35.0 Å². The zero-order valence-electron chi connectivity index (χ0n) is 17.7. The van der Waals surface area contributed by atoms with Crippen molar-refractivity contribution in [3.05, 3.63) is 46.4 Å². The van der Waals surface area contributed by atoms with E-state index in [1.807, 2.05) is 0 Å². The molecule has 2 fully saturated rings. The molecule has 0 unspecified atom stereocenters. The third-order valence-corrected chi connectivity index (χ3v) is 8.93. The van der Waals surface area contributed by atoms with Crippen molar-refractivity contribution < 1.29 is 27.4 Å². The van der Waals surface area contributed by atoms with E-state index in [0.717, 1.165) is 0 Å². The largest absolute Gasteiger partial charge is 0.495 e. The number of methoxy groups -OCH3 is 2. The first-order valence-electron chi connectivity index (χ1n) is 9.78. The van der Waals surface area contributed by atoms with Gasteiger partial charge in [0, 0.05) is 16.3 Å². The SMILES string of the molecule is COc1cc(OC)c(N2C(=NC(=O)COc3ccc(Cl)cc3)S[C@H]3CS(=O)(=O)C[C@@H]32)cc1Cl. The van der Waals surface area contributed by atoms with Crippen molar-refractivity contribution >= 4 is 61.6 Å². The molecule has 2 heterocycles. The molecule has 0 spiro atoms. The highest BCUT2D eigenvalue weighted by Crippen LogP contribution is 2.46. The van der Waals surface area contributed by atoms with Crippen LogP contribution in [0.5, 0.6) is 17.2 Å². The van der Waals surface area contributed by atoms with Crippen LogP contribution in [0.4, 0.5) is 5.69 Å². The van der Waals surface area contributed by atoms with Crippen LogP contribution in [0.2, 0.25) is 10.0 Å². The summed E-state index contributed by atoms with van der Waals surface area (Å²) in [4.78, 5) is 18.6. The summed E-state index contributed by atoms with van der Waals surface area (Å²) >= 11 is 13.5. The number of hydrogen-bond donors (Lipinski definition) is 0.